The van der Waals surface area contributed by atoms with Gasteiger partial charge in [-0.2, -0.15) is 0 Å². The fourth-order valence-electron chi connectivity index (χ4n) is 3.10. The minimum atomic E-state index is -0.207. The van der Waals surface area contributed by atoms with Gasteiger partial charge in [0.2, 0.25) is 0 Å². The molecule has 6 heteroatoms. The number of benzene rings is 2. The number of rotatable bonds is 5. The Labute approximate surface area is 158 Å². The molecule has 0 bridgehead atoms. The number of nitrogens with one attached hydrogen (secondary N) is 2. The molecule has 2 N–H and O–H groups in total. The summed E-state index contributed by atoms with van der Waals surface area (Å²) in [6, 6.07) is 14.1. The quantitative estimate of drug-likeness (QED) is 0.831. The summed E-state index contributed by atoms with van der Waals surface area (Å²) in [4.78, 5) is 14.4. The van der Waals surface area contributed by atoms with E-state index in [1.54, 1.807) is 0 Å². The molecule has 2 amide bonds. The number of amides is 2. The van der Waals surface area contributed by atoms with Crippen LogP contribution in [0.4, 0.5) is 9.18 Å². The molecule has 3 rings (SSSR count). The van der Waals surface area contributed by atoms with Crippen molar-refractivity contribution in [1.29, 1.82) is 0 Å². The van der Waals surface area contributed by atoms with Crippen LogP contribution in [0.5, 0.6) is 0 Å². The van der Waals surface area contributed by atoms with E-state index >= 15 is 0 Å². The third kappa shape index (κ3) is 5.71. The molecular formula is C20H23ClFN3O. The summed E-state index contributed by atoms with van der Waals surface area (Å²) < 4.78 is 13.0. The van der Waals surface area contributed by atoms with E-state index in [1.807, 2.05) is 36.4 Å². The zero-order valence-electron chi connectivity index (χ0n) is 14.6. The molecule has 0 spiro atoms. The van der Waals surface area contributed by atoms with Gasteiger partial charge < -0.3 is 10.6 Å². The number of urea groups is 1. The molecule has 1 heterocycles. The zero-order valence-corrected chi connectivity index (χ0v) is 15.3. The Bertz CT molecular complexity index is 713. The van der Waals surface area contributed by atoms with Crippen molar-refractivity contribution in [2.24, 2.45) is 0 Å². The van der Waals surface area contributed by atoms with Crippen molar-refractivity contribution in [3.05, 3.63) is 70.5 Å². The standard InChI is InChI=1S/C20H23ClFN3O/c21-17-5-1-15(2-6-17)13-23-20(26)24-19-9-11-25(12-10-19)14-16-3-7-18(22)8-4-16/h1-8,19H,9-14H2,(H2,23,24,26). The van der Waals surface area contributed by atoms with Gasteiger partial charge in [0, 0.05) is 37.2 Å². The molecule has 0 aromatic heterocycles. The molecule has 1 fully saturated rings. The van der Waals surface area contributed by atoms with Crippen LogP contribution in [-0.2, 0) is 13.1 Å². The van der Waals surface area contributed by atoms with Gasteiger partial charge in [0.15, 0.2) is 0 Å². The van der Waals surface area contributed by atoms with Gasteiger partial charge in [-0.25, -0.2) is 9.18 Å². The van der Waals surface area contributed by atoms with Crippen LogP contribution in [0.2, 0.25) is 5.02 Å². The van der Waals surface area contributed by atoms with Crippen LogP contribution >= 0.6 is 11.6 Å². The van der Waals surface area contributed by atoms with Crippen molar-refractivity contribution < 1.29 is 9.18 Å². The molecule has 0 atom stereocenters. The monoisotopic (exact) mass is 375 g/mol. The first kappa shape index (κ1) is 18.7. The SMILES string of the molecule is O=C(NCc1ccc(Cl)cc1)NC1CCN(Cc2ccc(F)cc2)CC1. The van der Waals surface area contributed by atoms with Gasteiger partial charge in [0.05, 0.1) is 0 Å². The largest absolute Gasteiger partial charge is 0.335 e. The molecule has 138 valence electrons. The molecule has 0 unspecified atom stereocenters. The summed E-state index contributed by atoms with van der Waals surface area (Å²) in [5.74, 6) is -0.207. The van der Waals surface area contributed by atoms with Crippen LogP contribution in [0.25, 0.3) is 0 Å². The Morgan fingerprint density at radius 3 is 2.31 bits per heavy atom. The molecule has 26 heavy (non-hydrogen) atoms. The summed E-state index contributed by atoms with van der Waals surface area (Å²) in [6.07, 6.45) is 1.82. The highest BCUT2D eigenvalue weighted by atomic mass is 35.5. The average molecular weight is 376 g/mol. The first-order valence-corrected chi connectivity index (χ1v) is 9.22. The molecule has 1 aliphatic rings. The van der Waals surface area contributed by atoms with E-state index < -0.39 is 0 Å². The smallest absolute Gasteiger partial charge is 0.315 e. The lowest BCUT2D eigenvalue weighted by molar-refractivity contribution is 0.186. The maximum atomic E-state index is 13.0. The number of hydrogen-bond donors (Lipinski definition) is 2. The van der Waals surface area contributed by atoms with Crippen LogP contribution in [0, 0.1) is 5.82 Å². The van der Waals surface area contributed by atoms with Crippen LogP contribution in [0.1, 0.15) is 24.0 Å². The van der Waals surface area contributed by atoms with Gasteiger partial charge in [-0.15, -0.1) is 0 Å². The normalized spacial score (nSPS) is 15.6. The number of nitrogens with zero attached hydrogens (tertiary/aromatic N) is 1. The summed E-state index contributed by atoms with van der Waals surface area (Å²) in [7, 11) is 0. The van der Waals surface area contributed by atoms with Crippen LogP contribution in [0.15, 0.2) is 48.5 Å². The Balaban J connectivity index is 1.37. The topological polar surface area (TPSA) is 44.4 Å². The van der Waals surface area contributed by atoms with E-state index in [2.05, 4.69) is 15.5 Å². The molecule has 0 saturated carbocycles. The number of likely N-dealkylation sites (tertiary alicyclic amines) is 1. The Kier molecular flexibility index (Phi) is 6.47. The van der Waals surface area contributed by atoms with E-state index in [0.717, 1.165) is 43.6 Å². The summed E-state index contributed by atoms with van der Waals surface area (Å²) in [5.41, 5.74) is 2.12. The fourth-order valence-corrected chi connectivity index (χ4v) is 3.23. The van der Waals surface area contributed by atoms with Gasteiger partial charge in [-0.3, -0.25) is 4.90 Å². The zero-order chi connectivity index (χ0) is 18.4. The maximum Gasteiger partial charge on any atom is 0.315 e. The minimum Gasteiger partial charge on any atom is -0.335 e. The van der Waals surface area contributed by atoms with Crippen molar-refractivity contribution >= 4 is 17.6 Å². The molecule has 2 aromatic rings. The summed E-state index contributed by atoms with van der Waals surface area (Å²) >= 11 is 5.85. The van der Waals surface area contributed by atoms with Crippen LogP contribution in [-0.4, -0.2) is 30.1 Å². The highest BCUT2D eigenvalue weighted by Crippen LogP contribution is 2.14. The van der Waals surface area contributed by atoms with Crippen molar-refractivity contribution in [2.45, 2.75) is 32.0 Å². The van der Waals surface area contributed by atoms with Crippen molar-refractivity contribution in [2.75, 3.05) is 13.1 Å². The molecule has 1 aliphatic heterocycles. The number of hydrogen-bond acceptors (Lipinski definition) is 2. The Morgan fingerprint density at radius 1 is 1.04 bits per heavy atom. The number of carbonyl (C=O) groups is 1. The molecule has 2 aromatic carbocycles. The minimum absolute atomic E-state index is 0.142. The second-order valence-electron chi connectivity index (χ2n) is 6.63. The Morgan fingerprint density at radius 2 is 1.65 bits per heavy atom. The molecule has 4 nitrogen and oxygen atoms in total. The number of piperidine rings is 1. The van der Waals surface area contributed by atoms with Gasteiger partial charge in [-0.05, 0) is 48.2 Å². The lowest BCUT2D eigenvalue weighted by atomic mass is 10.0. The van der Waals surface area contributed by atoms with E-state index in [9.17, 15) is 9.18 Å². The first-order chi connectivity index (χ1) is 12.6. The predicted octanol–water partition coefficient (Wildman–Crippen LogP) is 3.94. The lowest BCUT2D eigenvalue weighted by Gasteiger charge is -2.32. The molecule has 1 saturated heterocycles. The lowest BCUT2D eigenvalue weighted by Crippen LogP contribution is -2.47. The van der Waals surface area contributed by atoms with Gasteiger partial charge >= 0.3 is 6.03 Å². The van der Waals surface area contributed by atoms with Crippen LogP contribution in [0.3, 0.4) is 0 Å². The molecular weight excluding hydrogens is 353 g/mol. The van der Waals surface area contributed by atoms with E-state index in [4.69, 9.17) is 11.6 Å². The molecule has 0 radical (unpaired) electrons. The summed E-state index contributed by atoms with van der Waals surface area (Å²) in [6.45, 7) is 3.13. The summed E-state index contributed by atoms with van der Waals surface area (Å²) in [5, 5.41) is 6.61. The maximum absolute atomic E-state index is 13.0. The number of halogens is 2. The van der Waals surface area contributed by atoms with Crippen molar-refractivity contribution in [3.8, 4) is 0 Å². The van der Waals surface area contributed by atoms with Gasteiger partial charge in [0.25, 0.3) is 0 Å². The second-order valence-corrected chi connectivity index (χ2v) is 7.07. The number of carbonyl (C=O) groups excluding carboxylic acids is 1. The third-order valence-corrected chi connectivity index (χ3v) is 4.86. The first-order valence-electron chi connectivity index (χ1n) is 8.84. The van der Waals surface area contributed by atoms with Gasteiger partial charge in [0.1, 0.15) is 5.82 Å². The predicted molar refractivity (Wildman–Crippen MR) is 102 cm³/mol. The van der Waals surface area contributed by atoms with E-state index in [1.165, 1.54) is 12.1 Å². The molecule has 0 aliphatic carbocycles. The highest BCUT2D eigenvalue weighted by Gasteiger charge is 2.20. The van der Waals surface area contributed by atoms with E-state index in [-0.39, 0.29) is 17.9 Å². The van der Waals surface area contributed by atoms with Crippen molar-refractivity contribution in [3.63, 3.8) is 0 Å². The Hall–Kier alpha value is -2.11. The highest BCUT2D eigenvalue weighted by molar-refractivity contribution is 6.30. The second kappa shape index (κ2) is 9.01. The van der Waals surface area contributed by atoms with Crippen LogP contribution < -0.4 is 10.6 Å². The fraction of sp³-hybridized carbons (Fsp3) is 0.350. The third-order valence-electron chi connectivity index (χ3n) is 4.61. The van der Waals surface area contributed by atoms with Gasteiger partial charge in [-0.1, -0.05) is 35.9 Å². The van der Waals surface area contributed by atoms with Crippen molar-refractivity contribution in [1.82, 2.24) is 15.5 Å². The average Bonchev–Trinajstić information content (AvgIpc) is 2.65. The van der Waals surface area contributed by atoms with E-state index in [0.29, 0.717) is 11.6 Å².